The van der Waals surface area contributed by atoms with Gasteiger partial charge < -0.3 is 5.32 Å². The van der Waals surface area contributed by atoms with E-state index >= 15 is 0 Å². The van der Waals surface area contributed by atoms with E-state index in [0.29, 0.717) is 12.2 Å². The van der Waals surface area contributed by atoms with Crippen LogP contribution in [0.15, 0.2) is 79.4 Å². The third-order valence-electron chi connectivity index (χ3n) is 4.17. The quantitative estimate of drug-likeness (QED) is 0.616. The monoisotopic (exact) mass is 340 g/mol. The van der Waals surface area contributed by atoms with Crippen LogP contribution < -0.4 is 5.32 Å². The van der Waals surface area contributed by atoms with Crippen molar-refractivity contribution < 1.29 is 4.79 Å². The van der Waals surface area contributed by atoms with Gasteiger partial charge in [-0.25, -0.2) is 0 Å². The smallest absolute Gasteiger partial charge is 0.270 e. The van der Waals surface area contributed by atoms with Crippen molar-refractivity contribution >= 4 is 16.7 Å². The molecule has 0 bridgehead atoms. The van der Waals surface area contributed by atoms with Gasteiger partial charge >= 0.3 is 0 Å². The van der Waals surface area contributed by atoms with Gasteiger partial charge in [-0.2, -0.15) is 0 Å². The first kappa shape index (κ1) is 15.9. The maximum Gasteiger partial charge on any atom is 0.270 e. The standard InChI is InChI=1S/C21H16N4O/c26-21(20-18-6-2-1-4-15(18)9-13-24-20)25-14-17-5-3-10-23-19(17)16-7-11-22-12-8-16/h1-13H,14H2,(H,25,26). The van der Waals surface area contributed by atoms with Crippen LogP contribution in [-0.2, 0) is 6.54 Å². The molecule has 3 heterocycles. The van der Waals surface area contributed by atoms with Crippen LogP contribution >= 0.6 is 0 Å². The molecule has 5 heteroatoms. The number of benzene rings is 1. The number of amides is 1. The van der Waals surface area contributed by atoms with E-state index in [1.165, 1.54) is 0 Å². The normalized spacial score (nSPS) is 10.6. The molecule has 1 aromatic carbocycles. The molecular weight excluding hydrogens is 324 g/mol. The summed E-state index contributed by atoms with van der Waals surface area (Å²) in [6.07, 6.45) is 6.86. The molecule has 0 atom stereocenters. The largest absolute Gasteiger partial charge is 0.347 e. The minimum absolute atomic E-state index is 0.202. The van der Waals surface area contributed by atoms with E-state index in [9.17, 15) is 4.79 Å². The fourth-order valence-corrected chi connectivity index (χ4v) is 2.91. The summed E-state index contributed by atoms with van der Waals surface area (Å²) in [7, 11) is 0. The van der Waals surface area contributed by atoms with Gasteiger partial charge in [0.2, 0.25) is 0 Å². The molecule has 4 rings (SSSR count). The van der Waals surface area contributed by atoms with Crippen LogP contribution in [-0.4, -0.2) is 20.9 Å². The molecule has 4 aromatic rings. The second kappa shape index (κ2) is 7.11. The van der Waals surface area contributed by atoms with Crippen molar-refractivity contribution in [1.29, 1.82) is 0 Å². The molecule has 0 radical (unpaired) electrons. The van der Waals surface area contributed by atoms with Crippen LogP contribution in [0.2, 0.25) is 0 Å². The van der Waals surface area contributed by atoms with Crippen molar-refractivity contribution in [3.63, 3.8) is 0 Å². The highest BCUT2D eigenvalue weighted by Crippen LogP contribution is 2.21. The Labute approximate surface area is 150 Å². The van der Waals surface area contributed by atoms with Gasteiger partial charge in [0, 0.05) is 42.3 Å². The van der Waals surface area contributed by atoms with Crippen LogP contribution in [0.25, 0.3) is 22.0 Å². The number of hydrogen-bond donors (Lipinski definition) is 1. The Hall–Kier alpha value is -3.60. The van der Waals surface area contributed by atoms with E-state index in [1.807, 2.05) is 54.6 Å². The molecule has 5 nitrogen and oxygen atoms in total. The third kappa shape index (κ3) is 3.15. The number of fused-ring (bicyclic) bond motifs is 1. The van der Waals surface area contributed by atoms with Gasteiger partial charge in [0.05, 0.1) is 5.69 Å². The van der Waals surface area contributed by atoms with Crippen molar-refractivity contribution in [3.8, 4) is 11.3 Å². The number of carbonyl (C=O) groups is 1. The fourth-order valence-electron chi connectivity index (χ4n) is 2.91. The summed E-state index contributed by atoms with van der Waals surface area (Å²) in [5.41, 5.74) is 3.17. The highest BCUT2D eigenvalue weighted by atomic mass is 16.1. The number of pyridine rings is 3. The molecule has 0 spiro atoms. The zero-order valence-electron chi connectivity index (χ0n) is 14.0. The van der Waals surface area contributed by atoms with E-state index in [0.717, 1.165) is 27.6 Å². The molecule has 1 amide bonds. The van der Waals surface area contributed by atoms with Crippen LogP contribution in [0.5, 0.6) is 0 Å². The molecule has 26 heavy (non-hydrogen) atoms. The fraction of sp³-hybridized carbons (Fsp3) is 0.0476. The van der Waals surface area contributed by atoms with Crippen LogP contribution in [0, 0.1) is 0 Å². The first-order chi connectivity index (χ1) is 12.8. The summed E-state index contributed by atoms with van der Waals surface area (Å²) in [5.74, 6) is -0.202. The Kier molecular flexibility index (Phi) is 4.35. The second-order valence-electron chi connectivity index (χ2n) is 5.81. The molecule has 0 saturated carbocycles. The Balaban J connectivity index is 1.59. The summed E-state index contributed by atoms with van der Waals surface area (Å²) in [6.45, 7) is 0.370. The number of carbonyl (C=O) groups excluding carboxylic acids is 1. The molecule has 0 fully saturated rings. The average molecular weight is 340 g/mol. The van der Waals surface area contributed by atoms with Crippen LogP contribution in [0.3, 0.4) is 0 Å². The molecule has 126 valence electrons. The van der Waals surface area contributed by atoms with Crippen molar-refractivity contribution in [3.05, 3.63) is 90.6 Å². The maximum atomic E-state index is 12.7. The lowest BCUT2D eigenvalue weighted by atomic mass is 10.1. The van der Waals surface area contributed by atoms with Gasteiger partial charge in [-0.05, 0) is 35.2 Å². The SMILES string of the molecule is O=C(NCc1cccnc1-c1ccncc1)c1nccc2ccccc12. The molecule has 0 aliphatic heterocycles. The van der Waals surface area contributed by atoms with E-state index in [2.05, 4.69) is 20.3 Å². The van der Waals surface area contributed by atoms with Gasteiger partial charge in [-0.1, -0.05) is 30.3 Å². The second-order valence-corrected chi connectivity index (χ2v) is 5.81. The molecule has 0 aliphatic carbocycles. The summed E-state index contributed by atoms with van der Waals surface area (Å²) >= 11 is 0. The zero-order chi connectivity index (χ0) is 17.8. The number of hydrogen-bond acceptors (Lipinski definition) is 4. The van der Waals surface area contributed by atoms with Crippen molar-refractivity contribution in [1.82, 2.24) is 20.3 Å². The summed E-state index contributed by atoms with van der Waals surface area (Å²) in [5, 5.41) is 4.79. The van der Waals surface area contributed by atoms with E-state index in [1.54, 1.807) is 24.8 Å². The first-order valence-electron chi connectivity index (χ1n) is 8.29. The van der Waals surface area contributed by atoms with Gasteiger partial charge in [-0.3, -0.25) is 19.7 Å². The topological polar surface area (TPSA) is 67.8 Å². The lowest BCUT2D eigenvalue weighted by molar-refractivity contribution is 0.0948. The predicted molar refractivity (Wildman–Crippen MR) is 100 cm³/mol. The lowest BCUT2D eigenvalue weighted by Gasteiger charge is -2.10. The molecule has 0 unspecified atom stereocenters. The minimum Gasteiger partial charge on any atom is -0.347 e. The zero-order valence-corrected chi connectivity index (χ0v) is 14.0. The molecule has 3 aromatic heterocycles. The van der Waals surface area contributed by atoms with Gasteiger partial charge in [-0.15, -0.1) is 0 Å². The van der Waals surface area contributed by atoms with E-state index < -0.39 is 0 Å². The highest BCUT2D eigenvalue weighted by molar-refractivity contribution is 6.05. The first-order valence-corrected chi connectivity index (χ1v) is 8.29. The Morgan fingerprint density at radius 2 is 1.69 bits per heavy atom. The Morgan fingerprint density at radius 1 is 0.846 bits per heavy atom. The predicted octanol–water partition coefficient (Wildman–Crippen LogP) is 3.62. The highest BCUT2D eigenvalue weighted by Gasteiger charge is 2.13. The molecule has 1 N–H and O–H groups in total. The minimum atomic E-state index is -0.202. The maximum absolute atomic E-state index is 12.7. The van der Waals surface area contributed by atoms with Gasteiger partial charge in [0.25, 0.3) is 5.91 Å². The van der Waals surface area contributed by atoms with Crippen LogP contribution in [0.1, 0.15) is 16.1 Å². The van der Waals surface area contributed by atoms with Crippen molar-refractivity contribution in [2.75, 3.05) is 0 Å². The van der Waals surface area contributed by atoms with E-state index in [4.69, 9.17) is 0 Å². The number of rotatable bonds is 4. The van der Waals surface area contributed by atoms with Crippen molar-refractivity contribution in [2.24, 2.45) is 0 Å². The average Bonchev–Trinajstić information content (AvgIpc) is 2.72. The van der Waals surface area contributed by atoms with Crippen molar-refractivity contribution in [2.45, 2.75) is 6.54 Å². The van der Waals surface area contributed by atoms with Crippen LogP contribution in [0.4, 0.5) is 0 Å². The lowest BCUT2D eigenvalue weighted by Crippen LogP contribution is -2.24. The number of nitrogens with zero attached hydrogens (tertiary/aromatic N) is 3. The summed E-state index contributed by atoms with van der Waals surface area (Å²) in [6, 6.07) is 17.3. The third-order valence-corrected chi connectivity index (χ3v) is 4.17. The number of nitrogens with one attached hydrogen (secondary N) is 1. The van der Waals surface area contributed by atoms with Gasteiger partial charge in [0.1, 0.15) is 5.69 Å². The number of aromatic nitrogens is 3. The van der Waals surface area contributed by atoms with E-state index in [-0.39, 0.29) is 5.91 Å². The van der Waals surface area contributed by atoms with Gasteiger partial charge in [0.15, 0.2) is 0 Å². The Morgan fingerprint density at radius 3 is 2.58 bits per heavy atom. The molecule has 0 saturated heterocycles. The summed E-state index contributed by atoms with van der Waals surface area (Å²) < 4.78 is 0. The Bertz CT molecular complexity index is 1060. The molecular formula is C21H16N4O. The molecule has 0 aliphatic rings. The summed E-state index contributed by atoms with van der Waals surface area (Å²) in [4.78, 5) is 25.4.